The smallest absolute Gasteiger partial charge is 0.119 e. The Morgan fingerprint density at radius 2 is 1.75 bits per heavy atom. The molecule has 0 saturated carbocycles. The second kappa shape index (κ2) is 7.53. The highest BCUT2D eigenvalue weighted by Crippen LogP contribution is 2.15. The van der Waals surface area contributed by atoms with Gasteiger partial charge in [0.2, 0.25) is 0 Å². The van der Waals surface area contributed by atoms with Gasteiger partial charge in [-0.15, -0.1) is 0 Å². The minimum atomic E-state index is 0.583. The number of rotatable bonds is 7. The maximum atomic E-state index is 5.76. The summed E-state index contributed by atoms with van der Waals surface area (Å²) in [5.41, 5.74) is 0. The fourth-order valence-corrected chi connectivity index (χ4v) is 1.30. The van der Waals surface area contributed by atoms with Gasteiger partial charge in [-0.3, -0.25) is 0 Å². The van der Waals surface area contributed by atoms with E-state index in [1.807, 2.05) is 24.3 Å². The van der Waals surface area contributed by atoms with Crippen LogP contribution < -0.4 is 4.74 Å². The predicted octanol–water partition coefficient (Wildman–Crippen LogP) is 3.78. The van der Waals surface area contributed by atoms with Crippen molar-refractivity contribution in [3.05, 3.63) is 29.3 Å². The summed E-state index contributed by atoms with van der Waals surface area (Å²) in [6, 6.07) is 7.35. The molecule has 0 bridgehead atoms. The van der Waals surface area contributed by atoms with Crippen molar-refractivity contribution in [3.63, 3.8) is 0 Å². The van der Waals surface area contributed by atoms with Gasteiger partial charge in [-0.25, -0.2) is 0 Å². The van der Waals surface area contributed by atoms with Crippen molar-refractivity contribution < 1.29 is 9.47 Å². The van der Waals surface area contributed by atoms with E-state index in [1.165, 1.54) is 0 Å². The quantitative estimate of drug-likeness (QED) is 0.678. The van der Waals surface area contributed by atoms with Crippen molar-refractivity contribution in [2.24, 2.45) is 5.92 Å². The summed E-state index contributed by atoms with van der Waals surface area (Å²) in [6.45, 7) is 6.40. The lowest BCUT2D eigenvalue weighted by atomic mass is 10.1. The minimum absolute atomic E-state index is 0.583. The predicted molar refractivity (Wildman–Crippen MR) is 67.2 cm³/mol. The van der Waals surface area contributed by atoms with E-state index in [2.05, 4.69) is 13.8 Å². The number of ether oxygens (including phenoxy) is 2. The van der Waals surface area contributed by atoms with Crippen LogP contribution in [-0.2, 0) is 4.74 Å². The number of halogens is 1. The molecule has 0 N–H and O–H groups in total. The van der Waals surface area contributed by atoms with Gasteiger partial charge in [0.05, 0.1) is 6.61 Å². The van der Waals surface area contributed by atoms with E-state index < -0.39 is 0 Å². The van der Waals surface area contributed by atoms with Gasteiger partial charge in [0.25, 0.3) is 0 Å². The van der Waals surface area contributed by atoms with Crippen molar-refractivity contribution in [3.8, 4) is 5.75 Å². The summed E-state index contributed by atoms with van der Waals surface area (Å²) in [6.07, 6.45) is 1.10. The zero-order valence-corrected chi connectivity index (χ0v) is 10.7. The molecule has 0 spiro atoms. The fourth-order valence-electron chi connectivity index (χ4n) is 1.17. The van der Waals surface area contributed by atoms with Crippen molar-refractivity contribution in [1.29, 1.82) is 0 Å². The molecule has 0 atom stereocenters. The first kappa shape index (κ1) is 13.3. The summed E-state index contributed by atoms with van der Waals surface area (Å²) >= 11 is 5.76. The molecule has 90 valence electrons. The Bertz CT molecular complexity index is 282. The Hall–Kier alpha value is -0.730. The molecule has 0 aliphatic carbocycles. The summed E-state index contributed by atoms with van der Waals surface area (Å²) in [5.74, 6) is 1.52. The molecule has 1 aromatic rings. The zero-order valence-electron chi connectivity index (χ0n) is 9.91. The summed E-state index contributed by atoms with van der Waals surface area (Å²) in [7, 11) is 0. The Balaban J connectivity index is 2.05. The highest BCUT2D eigenvalue weighted by Gasteiger charge is 1.95. The van der Waals surface area contributed by atoms with Gasteiger partial charge in [-0.05, 0) is 36.6 Å². The van der Waals surface area contributed by atoms with E-state index in [0.717, 1.165) is 23.8 Å². The van der Waals surface area contributed by atoms with Crippen LogP contribution in [0.2, 0.25) is 5.02 Å². The summed E-state index contributed by atoms with van der Waals surface area (Å²) in [5, 5.41) is 0.723. The lowest BCUT2D eigenvalue weighted by molar-refractivity contribution is 0.0926. The van der Waals surface area contributed by atoms with Crippen molar-refractivity contribution in [1.82, 2.24) is 0 Å². The molecule has 1 aromatic carbocycles. The molecule has 0 aliphatic rings. The molecule has 0 fully saturated rings. The lowest BCUT2D eigenvalue weighted by Crippen LogP contribution is -2.08. The Morgan fingerprint density at radius 1 is 1.06 bits per heavy atom. The first-order valence-corrected chi connectivity index (χ1v) is 6.02. The molecule has 0 aromatic heterocycles. The van der Waals surface area contributed by atoms with Crippen molar-refractivity contribution >= 4 is 11.6 Å². The van der Waals surface area contributed by atoms with Crippen LogP contribution in [-0.4, -0.2) is 19.8 Å². The van der Waals surface area contributed by atoms with Gasteiger partial charge in [0.1, 0.15) is 12.4 Å². The molecular weight excluding hydrogens is 224 g/mol. The molecule has 16 heavy (non-hydrogen) atoms. The molecule has 0 saturated heterocycles. The molecule has 3 heteroatoms. The number of hydrogen-bond donors (Lipinski definition) is 0. The topological polar surface area (TPSA) is 18.5 Å². The van der Waals surface area contributed by atoms with Crippen LogP contribution in [0, 0.1) is 5.92 Å². The fraction of sp³-hybridized carbons (Fsp3) is 0.538. The third-order valence-corrected chi connectivity index (χ3v) is 2.40. The van der Waals surface area contributed by atoms with E-state index in [1.54, 1.807) is 0 Å². The standard InChI is InChI=1S/C13H19ClO2/c1-11(2)7-8-15-9-10-16-13-5-3-12(14)4-6-13/h3-6,11H,7-10H2,1-2H3. The highest BCUT2D eigenvalue weighted by atomic mass is 35.5. The zero-order chi connectivity index (χ0) is 11.8. The third-order valence-electron chi connectivity index (χ3n) is 2.15. The average Bonchev–Trinajstić information content (AvgIpc) is 2.25. The van der Waals surface area contributed by atoms with Gasteiger partial charge in [-0.1, -0.05) is 25.4 Å². The largest absolute Gasteiger partial charge is 0.491 e. The van der Waals surface area contributed by atoms with E-state index >= 15 is 0 Å². The van der Waals surface area contributed by atoms with Gasteiger partial charge in [0, 0.05) is 11.6 Å². The van der Waals surface area contributed by atoms with Crippen molar-refractivity contribution in [2.75, 3.05) is 19.8 Å². The van der Waals surface area contributed by atoms with Crippen LogP contribution in [0.5, 0.6) is 5.75 Å². The molecule has 1 rings (SSSR count). The second-order valence-corrected chi connectivity index (χ2v) is 4.53. The van der Waals surface area contributed by atoms with E-state index in [-0.39, 0.29) is 0 Å². The van der Waals surface area contributed by atoms with Crippen LogP contribution in [0.1, 0.15) is 20.3 Å². The third kappa shape index (κ3) is 5.99. The Labute approximate surface area is 103 Å². The van der Waals surface area contributed by atoms with Crippen LogP contribution >= 0.6 is 11.6 Å². The molecule has 2 nitrogen and oxygen atoms in total. The van der Waals surface area contributed by atoms with Crippen LogP contribution in [0.25, 0.3) is 0 Å². The molecule has 0 radical (unpaired) electrons. The van der Waals surface area contributed by atoms with Gasteiger partial charge in [-0.2, -0.15) is 0 Å². The van der Waals surface area contributed by atoms with Gasteiger partial charge < -0.3 is 9.47 Å². The summed E-state index contributed by atoms with van der Waals surface area (Å²) < 4.78 is 10.9. The summed E-state index contributed by atoms with van der Waals surface area (Å²) in [4.78, 5) is 0. The monoisotopic (exact) mass is 242 g/mol. The maximum absolute atomic E-state index is 5.76. The van der Waals surface area contributed by atoms with Crippen molar-refractivity contribution in [2.45, 2.75) is 20.3 Å². The van der Waals surface area contributed by atoms with E-state index in [9.17, 15) is 0 Å². The van der Waals surface area contributed by atoms with Crippen LogP contribution in [0.4, 0.5) is 0 Å². The molecule has 0 aliphatic heterocycles. The SMILES string of the molecule is CC(C)CCOCCOc1ccc(Cl)cc1. The Kier molecular flexibility index (Phi) is 6.27. The first-order valence-electron chi connectivity index (χ1n) is 5.64. The normalized spacial score (nSPS) is 10.8. The molecule has 0 amide bonds. The number of hydrogen-bond acceptors (Lipinski definition) is 2. The maximum Gasteiger partial charge on any atom is 0.119 e. The molecule has 0 unspecified atom stereocenters. The highest BCUT2D eigenvalue weighted by molar-refractivity contribution is 6.30. The van der Waals surface area contributed by atoms with Crippen LogP contribution in [0.3, 0.4) is 0 Å². The average molecular weight is 243 g/mol. The van der Waals surface area contributed by atoms with Crippen LogP contribution in [0.15, 0.2) is 24.3 Å². The second-order valence-electron chi connectivity index (χ2n) is 4.10. The molecular formula is C13H19ClO2. The van der Waals surface area contributed by atoms with E-state index in [4.69, 9.17) is 21.1 Å². The minimum Gasteiger partial charge on any atom is -0.491 e. The number of benzene rings is 1. The lowest BCUT2D eigenvalue weighted by Gasteiger charge is -2.08. The van der Waals surface area contributed by atoms with Gasteiger partial charge in [0.15, 0.2) is 0 Å². The van der Waals surface area contributed by atoms with Gasteiger partial charge >= 0.3 is 0 Å². The first-order chi connectivity index (χ1) is 7.68. The molecule has 0 heterocycles. The van der Waals surface area contributed by atoms with E-state index in [0.29, 0.717) is 19.1 Å². The Morgan fingerprint density at radius 3 is 2.38 bits per heavy atom.